The summed E-state index contributed by atoms with van der Waals surface area (Å²) in [7, 11) is 0. The van der Waals surface area contributed by atoms with Gasteiger partial charge in [0.05, 0.1) is 17.6 Å². The maximum absolute atomic E-state index is 12.5. The zero-order chi connectivity index (χ0) is 19.7. The average Bonchev–Trinajstić information content (AvgIpc) is 3.23. The maximum Gasteiger partial charge on any atom is 0.223 e. The van der Waals surface area contributed by atoms with E-state index in [4.69, 9.17) is 28.2 Å². The molecule has 0 spiro atoms. The van der Waals surface area contributed by atoms with Crippen LogP contribution in [0.2, 0.25) is 10.0 Å². The lowest BCUT2D eigenvalue weighted by Gasteiger charge is -2.17. The average molecular weight is 416 g/mol. The van der Waals surface area contributed by atoms with Crippen LogP contribution in [-0.2, 0) is 11.3 Å². The first-order chi connectivity index (χ1) is 13.6. The molecular weight excluding hydrogens is 393 g/mol. The second-order valence-corrected chi connectivity index (χ2v) is 8.22. The van der Waals surface area contributed by atoms with Crippen LogP contribution < -0.4 is 0 Å². The molecule has 3 aromatic rings. The lowest BCUT2D eigenvalue weighted by atomic mass is 10.1. The number of rotatable bonds is 6. The topological polar surface area (TPSA) is 38.1 Å². The van der Waals surface area contributed by atoms with Crippen LogP contribution >= 0.6 is 23.2 Å². The molecule has 4 nitrogen and oxygen atoms in total. The van der Waals surface area contributed by atoms with Gasteiger partial charge in [-0.15, -0.1) is 0 Å². The Kier molecular flexibility index (Phi) is 5.61. The predicted molar refractivity (Wildman–Crippen MR) is 114 cm³/mol. The number of unbranched alkanes of at least 4 members (excludes halogenated alkanes) is 1. The van der Waals surface area contributed by atoms with Gasteiger partial charge >= 0.3 is 0 Å². The van der Waals surface area contributed by atoms with Gasteiger partial charge in [-0.25, -0.2) is 4.98 Å². The van der Waals surface area contributed by atoms with Crippen LogP contribution in [0.15, 0.2) is 42.5 Å². The van der Waals surface area contributed by atoms with E-state index in [2.05, 4.69) is 17.6 Å². The number of fused-ring (bicyclic) bond motifs is 1. The molecule has 0 radical (unpaired) electrons. The molecule has 1 fully saturated rings. The van der Waals surface area contributed by atoms with Gasteiger partial charge in [-0.05, 0) is 36.2 Å². The van der Waals surface area contributed by atoms with Crippen LogP contribution in [0.4, 0.5) is 0 Å². The SMILES string of the molecule is CCCCN1C[C@H](c2nc3ccccc3n2Cc2ccc(Cl)cc2Cl)CC1=O. The number of hydrogen-bond donors (Lipinski definition) is 0. The Morgan fingerprint density at radius 3 is 2.79 bits per heavy atom. The summed E-state index contributed by atoms with van der Waals surface area (Å²) in [6.45, 7) is 4.31. The highest BCUT2D eigenvalue weighted by Gasteiger charge is 2.33. The number of likely N-dealkylation sites (tertiary alicyclic amines) is 1. The molecule has 146 valence electrons. The Labute approximate surface area is 175 Å². The Morgan fingerprint density at radius 2 is 2.00 bits per heavy atom. The third kappa shape index (κ3) is 3.76. The molecule has 2 aromatic carbocycles. The summed E-state index contributed by atoms with van der Waals surface area (Å²) in [5, 5.41) is 1.26. The highest BCUT2D eigenvalue weighted by molar-refractivity contribution is 6.35. The Balaban J connectivity index is 1.71. The molecule has 1 aliphatic heterocycles. The number of imidazole rings is 1. The smallest absolute Gasteiger partial charge is 0.223 e. The summed E-state index contributed by atoms with van der Waals surface area (Å²) in [5.74, 6) is 1.28. The molecule has 28 heavy (non-hydrogen) atoms. The minimum atomic E-state index is 0.0998. The molecule has 0 N–H and O–H groups in total. The van der Waals surface area contributed by atoms with Crippen molar-refractivity contribution in [2.75, 3.05) is 13.1 Å². The van der Waals surface area contributed by atoms with Crippen LogP contribution in [0.25, 0.3) is 11.0 Å². The number of carbonyl (C=O) groups excluding carboxylic acids is 1. The van der Waals surface area contributed by atoms with Crippen molar-refractivity contribution in [3.63, 3.8) is 0 Å². The summed E-state index contributed by atoms with van der Waals surface area (Å²) in [4.78, 5) is 19.4. The van der Waals surface area contributed by atoms with Gasteiger partial charge in [0.15, 0.2) is 0 Å². The lowest BCUT2D eigenvalue weighted by molar-refractivity contribution is -0.127. The number of benzene rings is 2. The van der Waals surface area contributed by atoms with Gasteiger partial charge in [-0.2, -0.15) is 0 Å². The molecule has 1 amide bonds. The van der Waals surface area contributed by atoms with E-state index in [1.165, 1.54) is 0 Å². The van der Waals surface area contributed by atoms with Gasteiger partial charge in [0.25, 0.3) is 0 Å². The minimum Gasteiger partial charge on any atom is -0.342 e. The van der Waals surface area contributed by atoms with Crippen molar-refractivity contribution in [1.82, 2.24) is 14.5 Å². The molecule has 0 bridgehead atoms. The fraction of sp³-hybridized carbons (Fsp3) is 0.364. The summed E-state index contributed by atoms with van der Waals surface area (Å²) < 4.78 is 2.20. The van der Waals surface area contributed by atoms with Gasteiger partial charge in [-0.3, -0.25) is 4.79 Å². The number of amides is 1. The molecular formula is C22H23Cl2N3O. The van der Waals surface area contributed by atoms with Gasteiger partial charge in [0.1, 0.15) is 5.82 Å². The molecule has 1 saturated heterocycles. The van der Waals surface area contributed by atoms with Crippen molar-refractivity contribution >= 4 is 40.1 Å². The zero-order valence-electron chi connectivity index (χ0n) is 15.9. The zero-order valence-corrected chi connectivity index (χ0v) is 17.4. The summed E-state index contributed by atoms with van der Waals surface area (Å²) in [6.07, 6.45) is 2.64. The van der Waals surface area contributed by atoms with Crippen LogP contribution in [-0.4, -0.2) is 33.4 Å². The van der Waals surface area contributed by atoms with Gasteiger partial charge in [0.2, 0.25) is 5.91 Å². The van der Waals surface area contributed by atoms with Gasteiger partial charge in [-0.1, -0.05) is 54.7 Å². The highest BCUT2D eigenvalue weighted by atomic mass is 35.5. The Hall–Kier alpha value is -2.04. The first-order valence-electron chi connectivity index (χ1n) is 9.73. The van der Waals surface area contributed by atoms with E-state index in [0.717, 1.165) is 48.4 Å². The van der Waals surface area contributed by atoms with E-state index in [1.54, 1.807) is 6.07 Å². The lowest BCUT2D eigenvalue weighted by Crippen LogP contribution is -2.26. The molecule has 0 unspecified atom stereocenters. The van der Waals surface area contributed by atoms with Crippen molar-refractivity contribution in [3.05, 3.63) is 63.9 Å². The monoisotopic (exact) mass is 415 g/mol. The largest absolute Gasteiger partial charge is 0.342 e. The molecule has 2 heterocycles. The number of hydrogen-bond acceptors (Lipinski definition) is 2. The highest BCUT2D eigenvalue weighted by Crippen LogP contribution is 2.32. The quantitative estimate of drug-likeness (QED) is 0.532. The molecule has 1 aromatic heterocycles. The predicted octanol–water partition coefficient (Wildman–Crippen LogP) is 5.51. The Morgan fingerprint density at radius 1 is 1.18 bits per heavy atom. The standard InChI is InChI=1S/C22H23Cl2N3O/c1-2-3-10-26-13-16(11-21(26)28)22-25-19-6-4-5-7-20(19)27(22)14-15-8-9-17(23)12-18(15)24/h4-9,12,16H,2-3,10-11,13-14H2,1H3/t16-/m1/s1. The number of para-hydroxylation sites is 2. The minimum absolute atomic E-state index is 0.0998. The van der Waals surface area contributed by atoms with Crippen LogP contribution in [0.1, 0.15) is 43.5 Å². The summed E-state index contributed by atoms with van der Waals surface area (Å²) >= 11 is 12.5. The maximum atomic E-state index is 12.5. The van der Waals surface area contributed by atoms with Crippen molar-refractivity contribution < 1.29 is 4.79 Å². The molecule has 0 saturated carbocycles. The van der Waals surface area contributed by atoms with Crippen molar-refractivity contribution in [2.45, 2.75) is 38.6 Å². The summed E-state index contributed by atoms with van der Waals surface area (Å²) in [6, 6.07) is 13.7. The normalized spacial score (nSPS) is 17.0. The van der Waals surface area contributed by atoms with Gasteiger partial charge < -0.3 is 9.47 Å². The van der Waals surface area contributed by atoms with Crippen LogP contribution in [0.5, 0.6) is 0 Å². The first kappa shape index (κ1) is 19.3. The van der Waals surface area contributed by atoms with Crippen molar-refractivity contribution in [1.29, 1.82) is 0 Å². The summed E-state index contributed by atoms with van der Waals surface area (Å²) in [5.41, 5.74) is 2.99. The molecule has 1 atom stereocenters. The van der Waals surface area contributed by atoms with E-state index < -0.39 is 0 Å². The molecule has 4 rings (SSSR count). The van der Waals surface area contributed by atoms with Crippen LogP contribution in [0, 0.1) is 0 Å². The second-order valence-electron chi connectivity index (χ2n) is 7.37. The van der Waals surface area contributed by atoms with Crippen molar-refractivity contribution in [3.8, 4) is 0 Å². The van der Waals surface area contributed by atoms with E-state index in [-0.39, 0.29) is 11.8 Å². The molecule has 0 aliphatic carbocycles. The number of aromatic nitrogens is 2. The Bertz CT molecular complexity index is 1010. The third-order valence-electron chi connectivity index (χ3n) is 5.39. The fourth-order valence-corrected chi connectivity index (χ4v) is 4.37. The van der Waals surface area contributed by atoms with E-state index >= 15 is 0 Å². The molecule has 1 aliphatic rings. The van der Waals surface area contributed by atoms with E-state index in [9.17, 15) is 4.79 Å². The molecule has 6 heteroatoms. The van der Waals surface area contributed by atoms with E-state index in [1.807, 2.05) is 35.2 Å². The van der Waals surface area contributed by atoms with E-state index in [0.29, 0.717) is 23.0 Å². The number of halogens is 2. The fourth-order valence-electron chi connectivity index (χ4n) is 3.90. The van der Waals surface area contributed by atoms with Gasteiger partial charge in [0, 0.05) is 35.5 Å². The number of nitrogens with zero attached hydrogens (tertiary/aromatic N) is 3. The third-order valence-corrected chi connectivity index (χ3v) is 5.98. The second kappa shape index (κ2) is 8.14. The van der Waals surface area contributed by atoms with Crippen LogP contribution in [0.3, 0.4) is 0 Å². The number of carbonyl (C=O) groups is 1. The first-order valence-corrected chi connectivity index (χ1v) is 10.5. The van der Waals surface area contributed by atoms with Crippen molar-refractivity contribution in [2.24, 2.45) is 0 Å².